The number of hydrogen-bond donors (Lipinski definition) is 1. The molecule has 1 N–H and O–H groups in total. The van der Waals surface area contributed by atoms with Crippen LogP contribution in [0, 0.1) is 0 Å². The van der Waals surface area contributed by atoms with E-state index >= 15 is 0 Å². The van der Waals surface area contributed by atoms with Crippen molar-refractivity contribution in [1.29, 1.82) is 0 Å². The number of nitrogens with zero attached hydrogens (tertiary/aromatic N) is 2. The Balaban J connectivity index is 2.16. The third-order valence-corrected chi connectivity index (χ3v) is 2.19. The van der Waals surface area contributed by atoms with Gasteiger partial charge in [0.15, 0.2) is 0 Å². The van der Waals surface area contributed by atoms with Gasteiger partial charge in [-0.25, -0.2) is 4.68 Å². The summed E-state index contributed by atoms with van der Waals surface area (Å²) in [5.74, 6) is 0. The first kappa shape index (κ1) is 14.1. The number of ether oxygens (including phenoxy) is 1. The van der Waals surface area contributed by atoms with Crippen LogP contribution in [0.15, 0.2) is 12.3 Å². The van der Waals surface area contributed by atoms with E-state index in [1.807, 2.05) is 13.8 Å². The minimum absolute atomic E-state index is 0.232. The highest BCUT2D eigenvalue weighted by atomic mass is 19.3. The molecule has 0 amide bonds. The zero-order chi connectivity index (χ0) is 12.7. The summed E-state index contributed by atoms with van der Waals surface area (Å²) >= 11 is 0. The molecule has 1 rings (SSSR count). The van der Waals surface area contributed by atoms with E-state index < -0.39 is 6.55 Å². The molecule has 98 valence electrons. The van der Waals surface area contributed by atoms with Crippen molar-refractivity contribution in [3.63, 3.8) is 0 Å². The lowest BCUT2D eigenvalue weighted by atomic mass is 10.4. The summed E-state index contributed by atoms with van der Waals surface area (Å²) < 4.78 is 30.9. The number of alkyl halides is 2. The Morgan fingerprint density at radius 3 is 2.88 bits per heavy atom. The third kappa shape index (κ3) is 5.23. The monoisotopic (exact) mass is 247 g/mol. The summed E-state index contributed by atoms with van der Waals surface area (Å²) in [5, 5.41) is 6.64. The van der Waals surface area contributed by atoms with E-state index in [4.69, 9.17) is 4.74 Å². The molecule has 0 aliphatic rings. The average Bonchev–Trinajstić information content (AvgIpc) is 2.71. The van der Waals surface area contributed by atoms with Crippen molar-refractivity contribution in [3.8, 4) is 0 Å². The normalized spacial score (nSPS) is 11.6. The maximum Gasteiger partial charge on any atom is 0.333 e. The van der Waals surface area contributed by atoms with Gasteiger partial charge in [-0.1, -0.05) is 0 Å². The van der Waals surface area contributed by atoms with Gasteiger partial charge >= 0.3 is 6.55 Å². The van der Waals surface area contributed by atoms with Crippen molar-refractivity contribution in [1.82, 2.24) is 15.1 Å². The van der Waals surface area contributed by atoms with Gasteiger partial charge < -0.3 is 10.1 Å². The third-order valence-electron chi connectivity index (χ3n) is 2.19. The second-order valence-electron chi connectivity index (χ2n) is 3.99. The van der Waals surface area contributed by atoms with Crippen molar-refractivity contribution in [3.05, 3.63) is 18.0 Å². The lowest BCUT2D eigenvalue weighted by molar-refractivity contribution is 0.0529. The number of aromatic nitrogens is 2. The van der Waals surface area contributed by atoms with Crippen molar-refractivity contribution in [2.24, 2.45) is 0 Å². The molecule has 0 unspecified atom stereocenters. The Labute approximate surface area is 100.0 Å². The van der Waals surface area contributed by atoms with Gasteiger partial charge in [0, 0.05) is 19.3 Å². The van der Waals surface area contributed by atoms with Crippen molar-refractivity contribution in [2.45, 2.75) is 39.5 Å². The summed E-state index contributed by atoms with van der Waals surface area (Å²) in [6, 6.07) is 1.59. The molecule has 0 aromatic carbocycles. The van der Waals surface area contributed by atoms with Crippen LogP contribution < -0.4 is 5.32 Å². The zero-order valence-electron chi connectivity index (χ0n) is 10.2. The van der Waals surface area contributed by atoms with Crippen molar-refractivity contribution in [2.75, 3.05) is 13.2 Å². The second-order valence-corrected chi connectivity index (χ2v) is 3.99. The zero-order valence-corrected chi connectivity index (χ0v) is 10.2. The fraction of sp³-hybridized carbons (Fsp3) is 0.727. The lowest BCUT2D eigenvalue weighted by Gasteiger charge is -2.09. The molecule has 6 heteroatoms. The molecule has 1 aromatic heterocycles. The van der Waals surface area contributed by atoms with Crippen LogP contribution in [-0.4, -0.2) is 29.0 Å². The Kier molecular flexibility index (Phi) is 6.07. The van der Waals surface area contributed by atoms with Gasteiger partial charge in [-0.3, -0.25) is 0 Å². The first-order chi connectivity index (χ1) is 8.11. The van der Waals surface area contributed by atoms with Gasteiger partial charge in [-0.05, 0) is 32.9 Å². The van der Waals surface area contributed by atoms with Crippen LogP contribution in [0.2, 0.25) is 0 Å². The van der Waals surface area contributed by atoms with Gasteiger partial charge in [0.1, 0.15) is 0 Å². The van der Waals surface area contributed by atoms with Crippen LogP contribution in [0.5, 0.6) is 0 Å². The van der Waals surface area contributed by atoms with Gasteiger partial charge in [-0.15, -0.1) is 0 Å². The average molecular weight is 247 g/mol. The maximum atomic E-state index is 12.4. The van der Waals surface area contributed by atoms with E-state index in [0.29, 0.717) is 18.8 Å². The Morgan fingerprint density at radius 1 is 1.47 bits per heavy atom. The molecule has 0 radical (unpaired) electrons. The second kappa shape index (κ2) is 7.34. The first-order valence-electron chi connectivity index (χ1n) is 5.74. The first-order valence-corrected chi connectivity index (χ1v) is 5.74. The largest absolute Gasteiger partial charge is 0.379 e. The van der Waals surface area contributed by atoms with Crippen LogP contribution in [0.1, 0.15) is 32.5 Å². The fourth-order valence-corrected chi connectivity index (χ4v) is 1.39. The maximum absolute atomic E-state index is 12.4. The van der Waals surface area contributed by atoms with Crippen LogP contribution >= 0.6 is 0 Å². The summed E-state index contributed by atoms with van der Waals surface area (Å²) in [6.45, 7) is 3.20. The minimum atomic E-state index is -2.58. The van der Waals surface area contributed by atoms with Crippen LogP contribution in [0.25, 0.3) is 0 Å². The number of halogens is 2. The molecule has 0 fully saturated rings. The molecule has 0 spiro atoms. The molecule has 0 saturated heterocycles. The molecule has 1 aromatic rings. The molecular weight excluding hydrogens is 228 g/mol. The Bertz CT molecular complexity index is 315. The summed E-state index contributed by atoms with van der Waals surface area (Å²) in [4.78, 5) is 0. The number of rotatable bonds is 8. The van der Waals surface area contributed by atoms with Crippen LogP contribution in [0.4, 0.5) is 8.78 Å². The highest BCUT2D eigenvalue weighted by Crippen LogP contribution is 2.11. The van der Waals surface area contributed by atoms with Crippen LogP contribution in [-0.2, 0) is 11.3 Å². The number of nitrogens with one attached hydrogen (secondary N) is 1. The van der Waals surface area contributed by atoms with Gasteiger partial charge in [0.05, 0.1) is 11.8 Å². The molecule has 0 atom stereocenters. The highest BCUT2D eigenvalue weighted by Gasteiger charge is 2.10. The van der Waals surface area contributed by atoms with E-state index in [9.17, 15) is 8.78 Å². The van der Waals surface area contributed by atoms with Crippen molar-refractivity contribution >= 4 is 0 Å². The quantitative estimate of drug-likeness (QED) is 0.716. The summed E-state index contributed by atoms with van der Waals surface area (Å²) in [5.41, 5.74) is 0.491. The molecule has 0 bridgehead atoms. The molecular formula is C11H19F2N3O. The Hall–Kier alpha value is -1.01. The van der Waals surface area contributed by atoms with E-state index in [-0.39, 0.29) is 6.10 Å². The smallest absolute Gasteiger partial charge is 0.333 e. The van der Waals surface area contributed by atoms with Gasteiger partial charge in [0.25, 0.3) is 0 Å². The molecule has 0 saturated carbocycles. The van der Waals surface area contributed by atoms with Gasteiger partial charge in [-0.2, -0.15) is 13.9 Å². The highest BCUT2D eigenvalue weighted by molar-refractivity contribution is 5.00. The lowest BCUT2D eigenvalue weighted by Crippen LogP contribution is -2.20. The fourth-order valence-electron chi connectivity index (χ4n) is 1.39. The standard InChI is InChI=1S/C11H19F2N3O/c1-9(2)17-7-3-5-14-8-10-4-6-15-16(10)11(12)13/h4,6,9,11,14H,3,5,7-8H2,1-2H3. The predicted octanol–water partition coefficient (Wildman–Crippen LogP) is 2.18. The summed E-state index contributed by atoms with van der Waals surface area (Å²) in [6.07, 6.45) is 2.47. The van der Waals surface area contributed by atoms with Crippen molar-refractivity contribution < 1.29 is 13.5 Å². The van der Waals surface area contributed by atoms with E-state index in [2.05, 4.69) is 10.4 Å². The molecule has 0 aliphatic carbocycles. The molecule has 4 nitrogen and oxygen atoms in total. The van der Waals surface area contributed by atoms with Crippen LogP contribution in [0.3, 0.4) is 0 Å². The molecule has 17 heavy (non-hydrogen) atoms. The number of hydrogen-bond acceptors (Lipinski definition) is 3. The summed E-state index contributed by atoms with van der Waals surface area (Å²) in [7, 11) is 0. The SMILES string of the molecule is CC(C)OCCCNCc1ccnn1C(F)F. The predicted molar refractivity (Wildman–Crippen MR) is 60.9 cm³/mol. The minimum Gasteiger partial charge on any atom is -0.379 e. The Morgan fingerprint density at radius 2 is 2.24 bits per heavy atom. The van der Waals surface area contributed by atoms with E-state index in [1.54, 1.807) is 6.07 Å². The van der Waals surface area contributed by atoms with E-state index in [0.717, 1.165) is 17.6 Å². The molecule has 1 heterocycles. The van der Waals surface area contributed by atoms with Gasteiger partial charge in [0.2, 0.25) is 0 Å². The topological polar surface area (TPSA) is 39.1 Å². The molecule has 0 aliphatic heterocycles. The van der Waals surface area contributed by atoms with E-state index in [1.165, 1.54) is 6.20 Å².